The van der Waals surface area contributed by atoms with E-state index in [0.29, 0.717) is 5.56 Å². The molecule has 18 heavy (non-hydrogen) atoms. The summed E-state index contributed by atoms with van der Waals surface area (Å²) in [6, 6.07) is 2.92. The smallest absolute Gasteiger partial charge is 0.404 e. The monoisotopic (exact) mass is 264 g/mol. The highest BCUT2D eigenvalue weighted by molar-refractivity contribution is 5.64. The highest BCUT2D eigenvalue weighted by Crippen LogP contribution is 2.19. The summed E-state index contributed by atoms with van der Waals surface area (Å²) in [6.07, 6.45) is -5.19. The van der Waals surface area contributed by atoms with Crippen LogP contribution in [0.5, 0.6) is 5.88 Å². The van der Waals surface area contributed by atoms with Crippen LogP contribution in [0.15, 0.2) is 18.3 Å². The molecule has 100 valence electrons. The second kappa shape index (κ2) is 6.08. The summed E-state index contributed by atoms with van der Waals surface area (Å²) >= 11 is 0. The number of hydrogen-bond acceptors (Lipinski definition) is 3. The number of aromatic nitrogens is 1. The van der Waals surface area contributed by atoms with Crippen molar-refractivity contribution in [3.05, 3.63) is 23.9 Å². The summed E-state index contributed by atoms with van der Waals surface area (Å²) in [5.74, 6) is 0.0314. The summed E-state index contributed by atoms with van der Waals surface area (Å²) in [6.45, 7) is -0.486. The summed E-state index contributed by atoms with van der Waals surface area (Å²) < 4.78 is 40.4. The van der Waals surface area contributed by atoms with Gasteiger partial charge >= 0.3 is 12.3 Å². The van der Waals surface area contributed by atoms with Crippen LogP contribution in [-0.4, -0.2) is 29.0 Å². The Morgan fingerprint density at radius 1 is 1.50 bits per heavy atom. The first-order chi connectivity index (χ1) is 8.37. The Kier molecular flexibility index (Phi) is 4.75. The predicted molar refractivity (Wildman–Crippen MR) is 55.3 cm³/mol. The van der Waals surface area contributed by atoms with Gasteiger partial charge in [0.05, 0.1) is 13.0 Å². The van der Waals surface area contributed by atoms with Gasteiger partial charge in [0.15, 0.2) is 0 Å². The van der Waals surface area contributed by atoms with Gasteiger partial charge in [-0.2, -0.15) is 13.2 Å². The van der Waals surface area contributed by atoms with Crippen molar-refractivity contribution in [2.24, 2.45) is 0 Å². The van der Waals surface area contributed by atoms with Crippen LogP contribution in [0.2, 0.25) is 0 Å². The minimum Gasteiger partial charge on any atom is -0.477 e. The standard InChI is InChI=1S/C10H11F3N2O3/c11-10(12,13)2-4-18-8-5-7(1-3-14-8)6-15-9(16)17/h1,3,5,15H,2,4,6H2,(H,16,17). The number of amides is 1. The van der Waals surface area contributed by atoms with E-state index >= 15 is 0 Å². The molecule has 1 heterocycles. The van der Waals surface area contributed by atoms with Crippen LogP contribution in [0.1, 0.15) is 12.0 Å². The van der Waals surface area contributed by atoms with Gasteiger partial charge in [-0.05, 0) is 11.6 Å². The molecule has 2 N–H and O–H groups in total. The first-order valence-corrected chi connectivity index (χ1v) is 4.98. The molecule has 0 radical (unpaired) electrons. The number of pyridine rings is 1. The lowest BCUT2D eigenvalue weighted by atomic mass is 10.2. The van der Waals surface area contributed by atoms with Gasteiger partial charge < -0.3 is 15.2 Å². The van der Waals surface area contributed by atoms with E-state index in [2.05, 4.69) is 10.3 Å². The van der Waals surface area contributed by atoms with Crippen LogP contribution < -0.4 is 10.1 Å². The SMILES string of the molecule is O=C(O)NCc1ccnc(OCCC(F)(F)F)c1. The number of hydrogen-bond donors (Lipinski definition) is 2. The Morgan fingerprint density at radius 2 is 2.22 bits per heavy atom. The van der Waals surface area contributed by atoms with Crippen LogP contribution in [0.25, 0.3) is 0 Å². The zero-order valence-electron chi connectivity index (χ0n) is 9.20. The maximum Gasteiger partial charge on any atom is 0.404 e. The molecule has 0 aromatic carbocycles. The van der Waals surface area contributed by atoms with Gasteiger partial charge in [-0.1, -0.05) is 0 Å². The molecule has 0 atom stereocenters. The van der Waals surface area contributed by atoms with Crippen molar-refractivity contribution in [1.82, 2.24) is 10.3 Å². The lowest BCUT2D eigenvalue weighted by Gasteiger charge is -2.08. The number of rotatable bonds is 5. The minimum absolute atomic E-state index is 0.0314. The lowest BCUT2D eigenvalue weighted by molar-refractivity contribution is -0.139. The Bertz CT molecular complexity index is 410. The summed E-state index contributed by atoms with van der Waals surface area (Å²) in [4.78, 5) is 14.0. The average molecular weight is 264 g/mol. The lowest BCUT2D eigenvalue weighted by Crippen LogP contribution is -2.20. The third kappa shape index (κ3) is 5.92. The van der Waals surface area contributed by atoms with Gasteiger partial charge in [0.2, 0.25) is 5.88 Å². The number of carboxylic acid groups (broad SMARTS) is 1. The number of nitrogens with one attached hydrogen (secondary N) is 1. The van der Waals surface area contributed by atoms with Crippen LogP contribution in [0.4, 0.5) is 18.0 Å². The molecule has 1 rings (SSSR count). The molecule has 0 aliphatic carbocycles. The van der Waals surface area contributed by atoms with E-state index < -0.39 is 25.3 Å². The summed E-state index contributed by atoms with van der Waals surface area (Å²) in [5.41, 5.74) is 0.550. The third-order valence-electron chi connectivity index (χ3n) is 1.88. The highest BCUT2D eigenvalue weighted by atomic mass is 19.4. The Hall–Kier alpha value is -1.99. The molecular formula is C10H11F3N2O3. The van der Waals surface area contributed by atoms with E-state index in [1.54, 1.807) is 0 Å². The first kappa shape index (κ1) is 14.1. The van der Waals surface area contributed by atoms with Crippen LogP contribution >= 0.6 is 0 Å². The van der Waals surface area contributed by atoms with Gasteiger partial charge in [0, 0.05) is 18.8 Å². The van der Waals surface area contributed by atoms with Crippen LogP contribution in [0, 0.1) is 0 Å². The van der Waals surface area contributed by atoms with Crippen molar-refractivity contribution < 1.29 is 27.8 Å². The van der Waals surface area contributed by atoms with Crippen molar-refractivity contribution in [2.75, 3.05) is 6.61 Å². The molecule has 1 aromatic heterocycles. The maximum absolute atomic E-state index is 11.9. The molecule has 0 spiro atoms. The molecule has 5 nitrogen and oxygen atoms in total. The number of carbonyl (C=O) groups is 1. The molecule has 0 saturated heterocycles. The number of alkyl halides is 3. The fourth-order valence-electron chi connectivity index (χ4n) is 1.09. The second-order valence-corrected chi connectivity index (χ2v) is 3.37. The normalized spacial score (nSPS) is 11.1. The molecule has 0 aliphatic heterocycles. The number of nitrogens with zero attached hydrogens (tertiary/aromatic N) is 1. The van der Waals surface area contributed by atoms with Gasteiger partial charge in [0.25, 0.3) is 0 Å². The van der Waals surface area contributed by atoms with E-state index in [1.807, 2.05) is 0 Å². The third-order valence-corrected chi connectivity index (χ3v) is 1.88. The Morgan fingerprint density at radius 3 is 2.83 bits per heavy atom. The first-order valence-electron chi connectivity index (χ1n) is 4.98. The molecule has 1 aromatic rings. The summed E-state index contributed by atoms with van der Waals surface area (Å²) in [7, 11) is 0. The Balaban J connectivity index is 2.46. The largest absolute Gasteiger partial charge is 0.477 e. The highest BCUT2D eigenvalue weighted by Gasteiger charge is 2.26. The second-order valence-electron chi connectivity index (χ2n) is 3.37. The quantitative estimate of drug-likeness (QED) is 0.855. The predicted octanol–water partition coefficient (Wildman–Crippen LogP) is 2.18. The van der Waals surface area contributed by atoms with Crippen molar-refractivity contribution >= 4 is 6.09 Å². The van der Waals surface area contributed by atoms with Crippen LogP contribution in [0.3, 0.4) is 0 Å². The van der Waals surface area contributed by atoms with E-state index in [1.165, 1.54) is 18.3 Å². The zero-order chi connectivity index (χ0) is 13.6. The number of ether oxygens (including phenoxy) is 1. The molecular weight excluding hydrogens is 253 g/mol. The molecule has 0 aliphatic rings. The maximum atomic E-state index is 11.9. The Labute approximate surface area is 101 Å². The fraction of sp³-hybridized carbons (Fsp3) is 0.400. The topological polar surface area (TPSA) is 71.5 Å². The molecule has 0 fully saturated rings. The number of halogens is 3. The minimum atomic E-state index is -4.28. The van der Waals surface area contributed by atoms with Gasteiger partial charge in [-0.15, -0.1) is 0 Å². The molecule has 8 heteroatoms. The van der Waals surface area contributed by atoms with Crippen molar-refractivity contribution in [2.45, 2.75) is 19.1 Å². The van der Waals surface area contributed by atoms with E-state index in [0.717, 1.165) is 0 Å². The van der Waals surface area contributed by atoms with Gasteiger partial charge in [-0.3, -0.25) is 0 Å². The molecule has 0 unspecified atom stereocenters. The van der Waals surface area contributed by atoms with Crippen LogP contribution in [-0.2, 0) is 6.54 Å². The summed E-state index contributed by atoms with van der Waals surface area (Å²) in [5, 5.41) is 10.5. The van der Waals surface area contributed by atoms with E-state index in [9.17, 15) is 18.0 Å². The average Bonchev–Trinajstić information content (AvgIpc) is 2.25. The van der Waals surface area contributed by atoms with E-state index in [4.69, 9.17) is 9.84 Å². The van der Waals surface area contributed by atoms with Crippen molar-refractivity contribution in [3.8, 4) is 5.88 Å². The van der Waals surface area contributed by atoms with Gasteiger partial charge in [-0.25, -0.2) is 9.78 Å². The van der Waals surface area contributed by atoms with Gasteiger partial charge in [0.1, 0.15) is 0 Å². The zero-order valence-corrected chi connectivity index (χ0v) is 9.20. The van der Waals surface area contributed by atoms with E-state index in [-0.39, 0.29) is 12.4 Å². The molecule has 1 amide bonds. The molecule has 0 saturated carbocycles. The molecule has 0 bridgehead atoms. The van der Waals surface area contributed by atoms with Crippen molar-refractivity contribution in [1.29, 1.82) is 0 Å². The van der Waals surface area contributed by atoms with Crippen molar-refractivity contribution in [3.63, 3.8) is 0 Å². The fourth-order valence-corrected chi connectivity index (χ4v) is 1.09.